The number of nitrogens with zero attached hydrogens (tertiary/aromatic N) is 1. The quantitative estimate of drug-likeness (QED) is 0.660. The Morgan fingerprint density at radius 1 is 0.846 bits per heavy atom. The average molecular weight is 176 g/mol. The van der Waals surface area contributed by atoms with Crippen LogP contribution in [0.1, 0.15) is 50.7 Å². The largest absolute Gasteiger partial charge is 0.0617 e. The smallest absolute Gasteiger partial charge is 0 e. The Balaban J connectivity index is 0.00000144. The van der Waals surface area contributed by atoms with Crippen LogP contribution in [-0.2, 0) is 0 Å². The minimum atomic E-state index is 0. The highest BCUT2D eigenvalue weighted by atomic mass is 14.1. The fourth-order valence-corrected chi connectivity index (χ4v) is 1.28. The van der Waals surface area contributed by atoms with Gasteiger partial charge < -0.3 is 0 Å². The fraction of sp³-hybridized carbons (Fsp3) is 0.500. The lowest BCUT2D eigenvalue weighted by Crippen LogP contribution is -1.91. The van der Waals surface area contributed by atoms with Crippen LogP contribution in [0.25, 0.3) is 0 Å². The maximum atomic E-state index is 2.31. The Kier molecular flexibility index (Phi) is 4.71. The first kappa shape index (κ1) is 12.2. The molecule has 0 aliphatic heterocycles. The maximum Gasteiger partial charge on any atom is 0 e. The molecule has 0 heterocycles. The molecule has 0 bridgehead atoms. The van der Waals surface area contributed by atoms with Gasteiger partial charge in [0, 0.05) is 6.15 Å². The van der Waals surface area contributed by atoms with Crippen LogP contribution in [0.5, 0.6) is 0 Å². The number of hydrogen-bond donors (Lipinski definition) is 0. The second kappa shape index (κ2) is 5.03. The number of hydrogen-bond acceptors (Lipinski definition) is 0. The van der Waals surface area contributed by atoms with E-state index in [1.807, 2.05) is 0 Å². The Bertz CT molecular complexity index is 228. The molecule has 0 N–H and O–H groups in total. The lowest BCUT2D eigenvalue weighted by Gasteiger charge is -2.09. The molecule has 1 heteroatoms. The van der Waals surface area contributed by atoms with E-state index in [1.54, 1.807) is 0 Å². The molecule has 0 saturated heterocycles. The maximum absolute atomic E-state index is 2.31. The van der Waals surface area contributed by atoms with E-state index in [2.05, 4.69) is 52.0 Å². The van der Waals surface area contributed by atoms with Crippen molar-refractivity contribution in [2.75, 3.05) is 0 Å². The summed E-state index contributed by atoms with van der Waals surface area (Å²) in [5, 5.41) is 0. The van der Waals surface area contributed by atoms with Crippen molar-refractivity contribution >= 4 is 0 Å². The zero-order valence-electron chi connectivity index (χ0n) is 8.91. The van der Waals surface area contributed by atoms with Crippen LogP contribution in [0.3, 0.4) is 0 Å². The summed E-state index contributed by atoms with van der Waals surface area (Å²) >= 11 is 0. The molecule has 3 radical (unpaired) electrons. The molecule has 13 heavy (non-hydrogen) atoms. The molecule has 1 aromatic carbocycles. The third-order valence-corrected chi connectivity index (χ3v) is 2.24. The predicted octanol–water partition coefficient (Wildman–Crippen LogP) is 3.45. The molecular formula is C12H18N. The van der Waals surface area contributed by atoms with Crippen molar-refractivity contribution in [3.63, 3.8) is 0 Å². The van der Waals surface area contributed by atoms with E-state index in [4.69, 9.17) is 0 Å². The lowest BCUT2D eigenvalue weighted by atomic mass is 9.96. The van der Waals surface area contributed by atoms with Crippen LogP contribution in [-0.4, -0.2) is 0 Å². The van der Waals surface area contributed by atoms with E-state index in [1.165, 1.54) is 11.1 Å². The molecule has 0 fully saturated rings. The minimum absolute atomic E-state index is 0. The van der Waals surface area contributed by atoms with Crippen molar-refractivity contribution in [3.05, 3.63) is 35.4 Å². The summed E-state index contributed by atoms with van der Waals surface area (Å²) in [5.74, 6) is 1.28. The summed E-state index contributed by atoms with van der Waals surface area (Å²) < 4.78 is 0. The Morgan fingerprint density at radius 3 is 1.54 bits per heavy atom. The van der Waals surface area contributed by atoms with Gasteiger partial charge in [0.15, 0.2) is 0 Å². The van der Waals surface area contributed by atoms with Crippen molar-refractivity contribution in [1.29, 1.82) is 0 Å². The first-order valence-corrected chi connectivity index (χ1v) is 4.71. The minimum Gasteiger partial charge on any atom is -0.0617 e. The van der Waals surface area contributed by atoms with E-state index < -0.39 is 0 Å². The second-order valence-electron chi connectivity index (χ2n) is 3.98. The average Bonchev–Trinajstić information content (AvgIpc) is 2.04. The monoisotopic (exact) mass is 176 g/mol. The molecule has 0 aromatic heterocycles. The standard InChI is InChI=1S/C12H18.N/c1-9(2)11-6-5-7-12(8-11)10(3)4;/h5-10H,1-4H3;. The Hall–Kier alpha value is -0.820. The van der Waals surface area contributed by atoms with E-state index in [0.717, 1.165) is 0 Å². The highest BCUT2D eigenvalue weighted by Gasteiger charge is 2.02. The van der Waals surface area contributed by atoms with Gasteiger partial charge in [-0.3, -0.25) is 0 Å². The number of rotatable bonds is 2. The summed E-state index contributed by atoms with van der Waals surface area (Å²) in [4.78, 5) is 0. The molecule has 0 spiro atoms. The molecule has 0 saturated carbocycles. The topological polar surface area (TPSA) is 30.5 Å². The Morgan fingerprint density at radius 2 is 1.23 bits per heavy atom. The summed E-state index contributed by atoms with van der Waals surface area (Å²) in [6.07, 6.45) is 0. The van der Waals surface area contributed by atoms with Gasteiger partial charge in [0.2, 0.25) is 0 Å². The molecule has 71 valence electrons. The van der Waals surface area contributed by atoms with E-state index in [9.17, 15) is 0 Å². The molecule has 0 amide bonds. The summed E-state index contributed by atoms with van der Waals surface area (Å²) in [5.41, 5.74) is 2.89. The SMILES string of the molecule is CC(C)c1cccc(C(C)C)c1.[N]. The van der Waals surface area contributed by atoms with Crippen LogP contribution in [0.15, 0.2) is 24.3 Å². The van der Waals surface area contributed by atoms with Gasteiger partial charge in [0.1, 0.15) is 0 Å². The zero-order valence-corrected chi connectivity index (χ0v) is 8.91. The summed E-state index contributed by atoms with van der Waals surface area (Å²) in [7, 11) is 0. The van der Waals surface area contributed by atoms with Crippen LogP contribution in [0.2, 0.25) is 0 Å². The predicted molar refractivity (Wildman–Crippen MR) is 56.8 cm³/mol. The van der Waals surface area contributed by atoms with Gasteiger partial charge >= 0.3 is 0 Å². The molecule has 1 aromatic rings. The van der Waals surface area contributed by atoms with Crippen molar-refractivity contribution in [1.82, 2.24) is 6.15 Å². The van der Waals surface area contributed by atoms with Crippen LogP contribution < -0.4 is 6.15 Å². The van der Waals surface area contributed by atoms with E-state index in [0.29, 0.717) is 11.8 Å². The molecule has 0 aliphatic carbocycles. The van der Waals surface area contributed by atoms with E-state index in [-0.39, 0.29) is 6.15 Å². The number of benzene rings is 1. The zero-order chi connectivity index (χ0) is 9.14. The summed E-state index contributed by atoms with van der Waals surface area (Å²) in [6, 6.07) is 8.88. The molecule has 1 rings (SSSR count). The van der Waals surface area contributed by atoms with Crippen molar-refractivity contribution in [2.24, 2.45) is 0 Å². The highest BCUT2D eigenvalue weighted by Crippen LogP contribution is 2.20. The normalized spacial score (nSPS) is 10.3. The van der Waals surface area contributed by atoms with Crippen LogP contribution in [0, 0.1) is 0 Å². The van der Waals surface area contributed by atoms with Crippen molar-refractivity contribution in [2.45, 2.75) is 39.5 Å². The summed E-state index contributed by atoms with van der Waals surface area (Å²) in [6.45, 7) is 8.94. The first-order valence-electron chi connectivity index (χ1n) is 4.71. The van der Waals surface area contributed by atoms with Gasteiger partial charge in [-0.25, -0.2) is 0 Å². The third kappa shape index (κ3) is 3.19. The van der Waals surface area contributed by atoms with Crippen LogP contribution in [0.4, 0.5) is 0 Å². The second-order valence-corrected chi connectivity index (χ2v) is 3.98. The van der Waals surface area contributed by atoms with Gasteiger partial charge in [-0.15, -0.1) is 0 Å². The van der Waals surface area contributed by atoms with Gasteiger partial charge in [-0.05, 0) is 23.0 Å². The van der Waals surface area contributed by atoms with Crippen molar-refractivity contribution in [3.8, 4) is 0 Å². The Labute approximate surface area is 81.8 Å². The van der Waals surface area contributed by atoms with Crippen LogP contribution >= 0.6 is 0 Å². The van der Waals surface area contributed by atoms with Gasteiger partial charge in [-0.2, -0.15) is 0 Å². The molecule has 1 nitrogen and oxygen atoms in total. The van der Waals surface area contributed by atoms with E-state index >= 15 is 0 Å². The lowest BCUT2D eigenvalue weighted by molar-refractivity contribution is 0.834. The van der Waals surface area contributed by atoms with Gasteiger partial charge in [-0.1, -0.05) is 52.0 Å². The van der Waals surface area contributed by atoms with Gasteiger partial charge in [0.25, 0.3) is 0 Å². The molecular weight excluding hydrogens is 158 g/mol. The first-order chi connectivity index (χ1) is 5.61. The molecule has 0 atom stereocenters. The van der Waals surface area contributed by atoms with Gasteiger partial charge in [0.05, 0.1) is 0 Å². The third-order valence-electron chi connectivity index (χ3n) is 2.24. The fourth-order valence-electron chi connectivity index (χ4n) is 1.28. The molecule has 0 unspecified atom stereocenters. The van der Waals surface area contributed by atoms with Crippen molar-refractivity contribution < 1.29 is 0 Å². The molecule has 0 aliphatic rings. The highest BCUT2D eigenvalue weighted by molar-refractivity contribution is 5.27.